The van der Waals surface area contributed by atoms with Gasteiger partial charge in [-0.3, -0.25) is 0 Å². The highest BCUT2D eigenvalue weighted by atomic mass is 79.9. The summed E-state index contributed by atoms with van der Waals surface area (Å²) in [6.07, 6.45) is 8.07. The minimum Gasteiger partial charge on any atom is -0.506 e. The molecule has 0 heterocycles. The molecule has 86 valence electrons. The lowest BCUT2D eigenvalue weighted by molar-refractivity contribution is 0.454. The zero-order valence-electron chi connectivity index (χ0n) is 9.12. The molecule has 2 N–H and O–H groups in total. The van der Waals surface area contributed by atoms with Gasteiger partial charge in [0.05, 0.1) is 4.47 Å². The fraction of sp³-hybridized carbons (Fsp3) is 0.385. The van der Waals surface area contributed by atoms with Crippen molar-refractivity contribution in [2.45, 2.75) is 31.8 Å². The zero-order valence-corrected chi connectivity index (χ0v) is 10.7. The third kappa shape index (κ3) is 2.86. The molecule has 0 amide bonds. The van der Waals surface area contributed by atoms with Crippen molar-refractivity contribution in [2.75, 3.05) is 0 Å². The minimum atomic E-state index is 0.342. The van der Waals surface area contributed by atoms with Crippen LogP contribution in [0, 0.1) is 0 Å². The van der Waals surface area contributed by atoms with Gasteiger partial charge < -0.3 is 10.4 Å². The molecular formula is C13H16BrNO. The van der Waals surface area contributed by atoms with Crippen LogP contribution in [-0.4, -0.2) is 11.1 Å². The number of halogens is 1. The van der Waals surface area contributed by atoms with Crippen molar-refractivity contribution in [1.29, 1.82) is 0 Å². The molecule has 1 aromatic rings. The SMILES string of the molecule is Oc1c(Br)cccc1CNC1C=CCCC1. The van der Waals surface area contributed by atoms with Crippen LogP contribution in [0.4, 0.5) is 0 Å². The summed E-state index contributed by atoms with van der Waals surface area (Å²) in [6, 6.07) is 6.18. The summed E-state index contributed by atoms with van der Waals surface area (Å²) >= 11 is 3.32. The molecule has 0 fully saturated rings. The average molecular weight is 282 g/mol. The van der Waals surface area contributed by atoms with Crippen molar-refractivity contribution in [2.24, 2.45) is 0 Å². The summed E-state index contributed by atoms with van der Waals surface area (Å²) in [6.45, 7) is 0.709. The molecule has 1 atom stereocenters. The van der Waals surface area contributed by atoms with Gasteiger partial charge in [-0.05, 0) is 41.3 Å². The van der Waals surface area contributed by atoms with Crippen LogP contribution in [0.15, 0.2) is 34.8 Å². The number of allylic oxidation sites excluding steroid dienone is 1. The molecule has 0 bridgehead atoms. The Bertz CT molecular complexity index is 390. The first-order valence-corrected chi connectivity index (χ1v) is 6.43. The molecule has 2 rings (SSSR count). The molecule has 16 heavy (non-hydrogen) atoms. The molecule has 1 aromatic carbocycles. The molecule has 2 nitrogen and oxygen atoms in total. The minimum absolute atomic E-state index is 0.342. The summed E-state index contributed by atoms with van der Waals surface area (Å²) in [5, 5.41) is 13.3. The first-order valence-electron chi connectivity index (χ1n) is 5.64. The van der Waals surface area contributed by atoms with Gasteiger partial charge in [-0.15, -0.1) is 0 Å². The molecule has 0 saturated heterocycles. The van der Waals surface area contributed by atoms with Gasteiger partial charge in [0.15, 0.2) is 0 Å². The van der Waals surface area contributed by atoms with E-state index in [0.29, 0.717) is 18.3 Å². The number of para-hydroxylation sites is 1. The van der Waals surface area contributed by atoms with Crippen molar-refractivity contribution >= 4 is 15.9 Å². The van der Waals surface area contributed by atoms with Gasteiger partial charge in [0.2, 0.25) is 0 Å². The van der Waals surface area contributed by atoms with Crippen LogP contribution in [0.3, 0.4) is 0 Å². The van der Waals surface area contributed by atoms with Gasteiger partial charge in [-0.2, -0.15) is 0 Å². The average Bonchev–Trinajstić information content (AvgIpc) is 2.32. The van der Waals surface area contributed by atoms with Crippen LogP contribution < -0.4 is 5.32 Å². The van der Waals surface area contributed by atoms with Gasteiger partial charge >= 0.3 is 0 Å². The Morgan fingerprint density at radius 2 is 2.31 bits per heavy atom. The highest BCUT2D eigenvalue weighted by Gasteiger charge is 2.09. The van der Waals surface area contributed by atoms with Crippen LogP contribution in [0.1, 0.15) is 24.8 Å². The van der Waals surface area contributed by atoms with E-state index in [2.05, 4.69) is 33.4 Å². The number of nitrogens with one attached hydrogen (secondary N) is 1. The molecule has 1 aliphatic carbocycles. The van der Waals surface area contributed by atoms with Crippen LogP contribution in [0.5, 0.6) is 5.75 Å². The van der Waals surface area contributed by atoms with E-state index in [-0.39, 0.29) is 0 Å². The molecule has 0 aromatic heterocycles. The summed E-state index contributed by atoms with van der Waals surface area (Å²) in [4.78, 5) is 0. The molecule has 0 radical (unpaired) electrons. The van der Waals surface area contributed by atoms with E-state index in [1.165, 1.54) is 19.3 Å². The normalized spacial score (nSPS) is 19.9. The first kappa shape index (κ1) is 11.7. The summed E-state index contributed by atoms with van der Waals surface area (Å²) in [7, 11) is 0. The van der Waals surface area contributed by atoms with Crippen molar-refractivity contribution < 1.29 is 5.11 Å². The van der Waals surface area contributed by atoms with Crippen LogP contribution >= 0.6 is 15.9 Å². The van der Waals surface area contributed by atoms with Crippen LogP contribution in [0.2, 0.25) is 0 Å². The Morgan fingerprint density at radius 3 is 3.06 bits per heavy atom. The van der Waals surface area contributed by atoms with Crippen LogP contribution in [-0.2, 0) is 6.54 Å². The maximum Gasteiger partial charge on any atom is 0.134 e. The van der Waals surface area contributed by atoms with Crippen molar-refractivity contribution in [3.63, 3.8) is 0 Å². The summed E-state index contributed by atoms with van der Waals surface area (Å²) in [5.41, 5.74) is 0.938. The number of aromatic hydroxyl groups is 1. The smallest absolute Gasteiger partial charge is 0.134 e. The fourth-order valence-electron chi connectivity index (χ4n) is 1.93. The zero-order chi connectivity index (χ0) is 11.4. The Morgan fingerprint density at radius 1 is 1.44 bits per heavy atom. The quantitative estimate of drug-likeness (QED) is 0.833. The lowest BCUT2D eigenvalue weighted by Gasteiger charge is -2.18. The Kier molecular flexibility index (Phi) is 4.02. The van der Waals surface area contributed by atoms with E-state index in [4.69, 9.17) is 0 Å². The highest BCUT2D eigenvalue weighted by molar-refractivity contribution is 9.10. The number of phenols is 1. The topological polar surface area (TPSA) is 32.3 Å². The van der Waals surface area contributed by atoms with Gasteiger partial charge in [-0.25, -0.2) is 0 Å². The molecular weight excluding hydrogens is 266 g/mol. The molecule has 0 aliphatic heterocycles. The fourth-order valence-corrected chi connectivity index (χ4v) is 2.33. The Hall–Kier alpha value is -0.800. The van der Waals surface area contributed by atoms with E-state index in [9.17, 15) is 5.11 Å². The second-order valence-corrected chi connectivity index (χ2v) is 4.95. The van der Waals surface area contributed by atoms with Crippen molar-refractivity contribution in [3.8, 4) is 5.75 Å². The third-order valence-electron chi connectivity index (χ3n) is 2.88. The number of phenolic OH excluding ortho intramolecular Hbond substituents is 1. The summed E-state index contributed by atoms with van der Waals surface area (Å²) in [5.74, 6) is 0.342. The van der Waals surface area contributed by atoms with E-state index < -0.39 is 0 Å². The lowest BCUT2D eigenvalue weighted by Crippen LogP contribution is -2.27. The number of benzene rings is 1. The third-order valence-corrected chi connectivity index (χ3v) is 3.52. The van der Waals surface area contributed by atoms with E-state index in [0.717, 1.165) is 10.0 Å². The van der Waals surface area contributed by atoms with E-state index >= 15 is 0 Å². The predicted molar refractivity (Wildman–Crippen MR) is 69.4 cm³/mol. The maximum absolute atomic E-state index is 9.82. The number of hydrogen-bond acceptors (Lipinski definition) is 2. The molecule has 1 aliphatic rings. The number of hydrogen-bond donors (Lipinski definition) is 2. The molecule has 3 heteroatoms. The Labute approximate surface area is 105 Å². The Balaban J connectivity index is 1.96. The summed E-state index contributed by atoms with van der Waals surface area (Å²) < 4.78 is 0.756. The van der Waals surface area contributed by atoms with E-state index in [1.54, 1.807) is 0 Å². The van der Waals surface area contributed by atoms with Gasteiger partial charge in [0.1, 0.15) is 5.75 Å². The van der Waals surface area contributed by atoms with Gasteiger partial charge in [0.25, 0.3) is 0 Å². The monoisotopic (exact) mass is 281 g/mol. The van der Waals surface area contributed by atoms with Crippen molar-refractivity contribution in [3.05, 3.63) is 40.4 Å². The largest absolute Gasteiger partial charge is 0.506 e. The number of rotatable bonds is 3. The second kappa shape index (κ2) is 5.51. The lowest BCUT2D eigenvalue weighted by atomic mass is 10.0. The van der Waals surface area contributed by atoms with Gasteiger partial charge in [0, 0.05) is 18.2 Å². The second-order valence-electron chi connectivity index (χ2n) is 4.09. The molecule has 1 unspecified atom stereocenters. The molecule has 0 spiro atoms. The van der Waals surface area contributed by atoms with Crippen molar-refractivity contribution in [1.82, 2.24) is 5.32 Å². The highest BCUT2D eigenvalue weighted by Crippen LogP contribution is 2.27. The van der Waals surface area contributed by atoms with E-state index in [1.807, 2.05) is 18.2 Å². The maximum atomic E-state index is 9.82. The van der Waals surface area contributed by atoms with Gasteiger partial charge in [-0.1, -0.05) is 24.3 Å². The standard InChI is InChI=1S/C13H16BrNO/c14-12-8-4-5-10(13(12)16)9-15-11-6-2-1-3-7-11/h2,4-6,8,11,15-16H,1,3,7,9H2. The first-order chi connectivity index (χ1) is 7.77. The predicted octanol–water partition coefficient (Wildman–Crippen LogP) is 3.35. The van der Waals surface area contributed by atoms with Crippen LogP contribution in [0.25, 0.3) is 0 Å². The molecule has 0 saturated carbocycles.